The molecule has 1 aromatic rings. The molecule has 0 spiro atoms. The van der Waals surface area contributed by atoms with E-state index in [2.05, 4.69) is 0 Å². The van der Waals surface area contributed by atoms with Crippen molar-refractivity contribution in [3.05, 3.63) is 29.3 Å². The fraction of sp³-hybridized carbons (Fsp3) is 0.300. The van der Waals surface area contributed by atoms with Gasteiger partial charge in [-0.05, 0) is 30.4 Å². The minimum absolute atomic E-state index is 0.0763. The first-order valence-electron chi connectivity index (χ1n) is 4.46. The van der Waals surface area contributed by atoms with Crippen LogP contribution >= 0.6 is 11.8 Å². The van der Waals surface area contributed by atoms with Crippen LogP contribution in [0.2, 0.25) is 0 Å². The predicted molar refractivity (Wildman–Crippen MR) is 57.5 cm³/mol. The molecule has 0 saturated carbocycles. The first-order chi connectivity index (χ1) is 7.45. The number of aliphatic carboxylic acids is 1. The molecule has 16 heavy (non-hydrogen) atoms. The Kier molecular flexibility index (Phi) is 4.26. The first-order valence-corrected chi connectivity index (χ1v) is 5.68. The number of carboxylic acid groups (broad SMARTS) is 1. The van der Waals surface area contributed by atoms with Crippen LogP contribution in [0.15, 0.2) is 17.0 Å². The van der Waals surface area contributed by atoms with Gasteiger partial charge in [-0.1, -0.05) is 0 Å². The molecule has 0 fully saturated rings. The van der Waals surface area contributed by atoms with Crippen molar-refractivity contribution in [3.63, 3.8) is 0 Å². The second-order valence-corrected chi connectivity index (χ2v) is 4.06. The third-order valence-electron chi connectivity index (χ3n) is 2.04. The van der Waals surface area contributed by atoms with E-state index in [9.17, 15) is 13.6 Å². The highest BCUT2D eigenvalue weighted by atomic mass is 32.2. The van der Waals surface area contributed by atoms with Crippen molar-refractivity contribution in [2.24, 2.45) is 5.73 Å². The van der Waals surface area contributed by atoms with Crippen LogP contribution in [0, 0.1) is 11.6 Å². The molecule has 1 unspecified atom stereocenters. The van der Waals surface area contributed by atoms with Crippen LogP contribution in [-0.4, -0.2) is 23.4 Å². The summed E-state index contributed by atoms with van der Waals surface area (Å²) >= 11 is 0.958. The second kappa shape index (κ2) is 5.27. The quantitative estimate of drug-likeness (QED) is 0.794. The molecule has 0 saturated heterocycles. The molecule has 0 aliphatic heterocycles. The molecule has 0 aliphatic carbocycles. The van der Waals surface area contributed by atoms with Gasteiger partial charge in [0, 0.05) is 0 Å². The number of thioether (sulfide) groups is 1. The summed E-state index contributed by atoms with van der Waals surface area (Å²) in [6.45, 7) is 0. The standard InChI is InChI=1S/C10H11F2NO2S/c1-16-9-6(11)2-5(3-7(9)12)4-8(13)10(14)15/h2-3,8H,4,13H2,1H3,(H,14,15). The molecule has 3 nitrogen and oxygen atoms in total. The number of carboxylic acids is 1. The van der Waals surface area contributed by atoms with Crippen molar-refractivity contribution in [2.45, 2.75) is 17.4 Å². The minimum atomic E-state index is -1.20. The molecule has 88 valence electrons. The van der Waals surface area contributed by atoms with Crippen molar-refractivity contribution in [3.8, 4) is 0 Å². The van der Waals surface area contributed by atoms with E-state index in [4.69, 9.17) is 10.8 Å². The summed E-state index contributed by atoms with van der Waals surface area (Å²) in [7, 11) is 0. The van der Waals surface area contributed by atoms with Crippen LogP contribution in [0.25, 0.3) is 0 Å². The van der Waals surface area contributed by atoms with Crippen molar-refractivity contribution < 1.29 is 18.7 Å². The Morgan fingerprint density at radius 2 is 2.00 bits per heavy atom. The lowest BCUT2D eigenvalue weighted by Crippen LogP contribution is -2.32. The van der Waals surface area contributed by atoms with Gasteiger partial charge in [-0.2, -0.15) is 0 Å². The first kappa shape index (κ1) is 12.9. The van der Waals surface area contributed by atoms with Gasteiger partial charge in [-0.15, -0.1) is 11.8 Å². The smallest absolute Gasteiger partial charge is 0.320 e. The zero-order chi connectivity index (χ0) is 12.3. The highest BCUT2D eigenvalue weighted by Crippen LogP contribution is 2.24. The third-order valence-corrected chi connectivity index (χ3v) is 2.83. The number of halogens is 2. The fourth-order valence-electron chi connectivity index (χ4n) is 1.27. The molecule has 0 aliphatic rings. The molecule has 0 amide bonds. The molecule has 1 rings (SSSR count). The topological polar surface area (TPSA) is 63.3 Å². The Hall–Kier alpha value is -1.14. The van der Waals surface area contributed by atoms with Crippen molar-refractivity contribution in [1.82, 2.24) is 0 Å². The molecule has 0 heterocycles. The SMILES string of the molecule is CSc1c(F)cc(CC(N)C(=O)O)cc1F. The number of benzene rings is 1. The van der Waals surface area contributed by atoms with E-state index in [0.717, 1.165) is 23.9 Å². The summed E-state index contributed by atoms with van der Waals surface area (Å²) in [6.07, 6.45) is 1.46. The predicted octanol–water partition coefficient (Wildman–Crippen LogP) is 1.64. The van der Waals surface area contributed by atoms with E-state index < -0.39 is 23.6 Å². The summed E-state index contributed by atoms with van der Waals surface area (Å²) in [5, 5.41) is 8.57. The summed E-state index contributed by atoms with van der Waals surface area (Å²) in [6, 6.07) is 1.06. The van der Waals surface area contributed by atoms with Crippen LogP contribution in [0.3, 0.4) is 0 Å². The number of nitrogens with two attached hydrogens (primary N) is 1. The van der Waals surface area contributed by atoms with Crippen molar-refractivity contribution in [2.75, 3.05) is 6.26 Å². The van der Waals surface area contributed by atoms with E-state index in [1.165, 1.54) is 0 Å². The van der Waals surface area contributed by atoms with E-state index in [1.807, 2.05) is 0 Å². The van der Waals surface area contributed by atoms with Gasteiger partial charge in [-0.3, -0.25) is 4.79 Å². The van der Waals surface area contributed by atoms with Crippen LogP contribution in [0.4, 0.5) is 8.78 Å². The van der Waals surface area contributed by atoms with Crippen LogP contribution < -0.4 is 5.73 Å². The second-order valence-electron chi connectivity index (χ2n) is 3.24. The van der Waals surface area contributed by atoms with Gasteiger partial charge in [0.1, 0.15) is 17.7 Å². The zero-order valence-corrected chi connectivity index (χ0v) is 9.35. The normalized spacial score (nSPS) is 12.5. The monoisotopic (exact) mass is 247 g/mol. The van der Waals surface area contributed by atoms with E-state index in [0.29, 0.717) is 0 Å². The maximum Gasteiger partial charge on any atom is 0.320 e. The Bertz CT molecular complexity index is 389. The minimum Gasteiger partial charge on any atom is -0.480 e. The Labute approximate surface area is 95.6 Å². The molecule has 1 atom stereocenters. The van der Waals surface area contributed by atoms with Gasteiger partial charge in [-0.25, -0.2) is 8.78 Å². The van der Waals surface area contributed by atoms with Crippen LogP contribution in [0.5, 0.6) is 0 Å². The van der Waals surface area contributed by atoms with Gasteiger partial charge >= 0.3 is 5.97 Å². The molecule has 6 heteroatoms. The van der Waals surface area contributed by atoms with Crippen LogP contribution in [-0.2, 0) is 11.2 Å². The molecule has 3 N–H and O–H groups in total. The summed E-state index contributed by atoms with van der Waals surface area (Å²) in [4.78, 5) is 10.4. The number of hydrogen-bond acceptors (Lipinski definition) is 3. The van der Waals surface area contributed by atoms with Crippen LogP contribution in [0.1, 0.15) is 5.56 Å². The fourth-order valence-corrected chi connectivity index (χ4v) is 1.77. The average Bonchev–Trinajstić information content (AvgIpc) is 2.16. The summed E-state index contributed by atoms with van der Waals surface area (Å²) in [5.41, 5.74) is 5.51. The number of rotatable bonds is 4. The summed E-state index contributed by atoms with van der Waals surface area (Å²) < 4.78 is 26.6. The Morgan fingerprint density at radius 1 is 1.50 bits per heavy atom. The van der Waals surface area contributed by atoms with Gasteiger partial charge in [0.05, 0.1) is 4.90 Å². The highest BCUT2D eigenvalue weighted by molar-refractivity contribution is 7.98. The van der Waals surface area contributed by atoms with E-state index >= 15 is 0 Å². The largest absolute Gasteiger partial charge is 0.480 e. The van der Waals surface area contributed by atoms with Gasteiger partial charge in [0.15, 0.2) is 0 Å². The lowest BCUT2D eigenvalue weighted by Gasteiger charge is -2.08. The lowest BCUT2D eigenvalue weighted by atomic mass is 10.1. The van der Waals surface area contributed by atoms with Gasteiger partial charge in [0.25, 0.3) is 0 Å². The van der Waals surface area contributed by atoms with Gasteiger partial charge < -0.3 is 10.8 Å². The molecular formula is C10H11F2NO2S. The lowest BCUT2D eigenvalue weighted by molar-refractivity contribution is -0.138. The third kappa shape index (κ3) is 2.93. The number of carbonyl (C=O) groups is 1. The zero-order valence-electron chi connectivity index (χ0n) is 8.54. The van der Waals surface area contributed by atoms with Crippen molar-refractivity contribution >= 4 is 17.7 Å². The van der Waals surface area contributed by atoms with Gasteiger partial charge in [0.2, 0.25) is 0 Å². The number of hydrogen-bond donors (Lipinski definition) is 2. The maximum absolute atomic E-state index is 13.3. The molecule has 0 radical (unpaired) electrons. The highest BCUT2D eigenvalue weighted by Gasteiger charge is 2.15. The van der Waals surface area contributed by atoms with E-state index in [1.54, 1.807) is 6.26 Å². The maximum atomic E-state index is 13.3. The molecule has 0 aromatic heterocycles. The Balaban J connectivity index is 2.96. The van der Waals surface area contributed by atoms with E-state index in [-0.39, 0.29) is 16.9 Å². The molecular weight excluding hydrogens is 236 g/mol. The average molecular weight is 247 g/mol. The molecule has 0 bridgehead atoms. The molecule has 1 aromatic carbocycles. The summed E-state index contributed by atoms with van der Waals surface area (Å²) in [5.74, 6) is -2.59. The Morgan fingerprint density at radius 3 is 2.38 bits per heavy atom. The van der Waals surface area contributed by atoms with Crippen molar-refractivity contribution in [1.29, 1.82) is 0 Å².